The van der Waals surface area contributed by atoms with E-state index in [0.29, 0.717) is 5.92 Å². The van der Waals surface area contributed by atoms with Crippen molar-refractivity contribution in [1.29, 1.82) is 0 Å². The second-order valence-electron chi connectivity index (χ2n) is 9.39. The van der Waals surface area contributed by atoms with Crippen LogP contribution in [-0.2, 0) is 20.0 Å². The Kier molecular flexibility index (Phi) is 5.13. The van der Waals surface area contributed by atoms with Gasteiger partial charge in [0.25, 0.3) is 0 Å². The summed E-state index contributed by atoms with van der Waals surface area (Å²) in [6, 6.07) is 6.80. The molecule has 1 aliphatic heterocycles. The van der Waals surface area contributed by atoms with E-state index >= 15 is 0 Å². The van der Waals surface area contributed by atoms with Crippen LogP contribution in [0.2, 0.25) is 0 Å². The van der Waals surface area contributed by atoms with Crippen LogP contribution in [0.3, 0.4) is 0 Å². The minimum atomic E-state index is 0.469. The number of aryl methyl sites for hydroxylation is 3. The Hall–Kier alpha value is -3.59. The molecule has 1 N–H and O–H groups in total. The maximum atomic E-state index is 4.80. The van der Waals surface area contributed by atoms with Crippen LogP contribution in [0.1, 0.15) is 48.2 Å². The molecule has 0 amide bonds. The van der Waals surface area contributed by atoms with E-state index in [1.165, 1.54) is 22.2 Å². The van der Waals surface area contributed by atoms with Gasteiger partial charge in [0.15, 0.2) is 5.65 Å². The SMILES string of the molecule is CCc1cc2c(C3CCN(Cc4cn(C)nn4)CC3)n[nH]c2cc1-c1cc(C)c2ncnn2c1. The molecule has 9 nitrogen and oxygen atoms in total. The van der Waals surface area contributed by atoms with Gasteiger partial charge in [0.05, 0.1) is 16.9 Å². The summed E-state index contributed by atoms with van der Waals surface area (Å²) in [6.45, 7) is 7.26. The maximum Gasteiger partial charge on any atom is 0.158 e. The van der Waals surface area contributed by atoms with Gasteiger partial charge in [0.1, 0.15) is 6.33 Å². The maximum absolute atomic E-state index is 4.80. The van der Waals surface area contributed by atoms with Crippen molar-refractivity contribution in [3.8, 4) is 11.1 Å². The molecule has 0 saturated carbocycles. The molecule has 0 spiro atoms. The fraction of sp³-hybridized carbons (Fsp3) is 0.400. The topological polar surface area (TPSA) is 92.8 Å². The van der Waals surface area contributed by atoms with E-state index in [-0.39, 0.29) is 0 Å². The Morgan fingerprint density at radius 2 is 1.97 bits per heavy atom. The summed E-state index contributed by atoms with van der Waals surface area (Å²) in [5, 5.41) is 22.0. The number of nitrogens with zero attached hydrogens (tertiary/aromatic N) is 8. The van der Waals surface area contributed by atoms with Crippen LogP contribution in [0.15, 0.2) is 36.9 Å². The molecule has 1 fully saturated rings. The number of aromatic nitrogens is 8. The Labute approximate surface area is 197 Å². The zero-order valence-electron chi connectivity index (χ0n) is 19.9. The van der Waals surface area contributed by atoms with Gasteiger partial charge in [-0.3, -0.25) is 14.7 Å². The molecule has 6 rings (SSSR count). The molecule has 174 valence electrons. The lowest BCUT2D eigenvalue weighted by Gasteiger charge is -2.30. The summed E-state index contributed by atoms with van der Waals surface area (Å²) in [4.78, 5) is 6.82. The summed E-state index contributed by atoms with van der Waals surface area (Å²) in [5.74, 6) is 0.469. The largest absolute Gasteiger partial charge is 0.297 e. The second kappa shape index (κ2) is 8.32. The van der Waals surface area contributed by atoms with Crippen LogP contribution >= 0.6 is 0 Å². The molecule has 5 aromatic rings. The number of rotatable bonds is 5. The standard InChI is InChI=1S/C25H29N9/c1-4-17-10-22-23(11-21(17)19-9-16(2)25-26-15-27-34(25)12-19)29-30-24(22)18-5-7-33(8-6-18)14-20-13-32(3)31-28-20/h9-13,15,18H,4-8,14H2,1-3H3,(H,29,30). The number of fused-ring (bicyclic) bond motifs is 2. The van der Waals surface area contributed by atoms with Gasteiger partial charge in [-0.05, 0) is 74.2 Å². The van der Waals surface area contributed by atoms with Crippen LogP contribution in [-0.4, -0.2) is 57.8 Å². The monoisotopic (exact) mass is 455 g/mol. The summed E-state index contributed by atoms with van der Waals surface area (Å²) in [7, 11) is 1.91. The van der Waals surface area contributed by atoms with Crippen molar-refractivity contribution in [2.45, 2.75) is 45.6 Å². The summed E-state index contributed by atoms with van der Waals surface area (Å²) < 4.78 is 3.63. The molecule has 34 heavy (non-hydrogen) atoms. The van der Waals surface area contributed by atoms with Crippen molar-refractivity contribution < 1.29 is 0 Å². The van der Waals surface area contributed by atoms with E-state index in [9.17, 15) is 0 Å². The molecule has 0 bridgehead atoms. The van der Waals surface area contributed by atoms with Crippen molar-refractivity contribution in [2.24, 2.45) is 7.05 Å². The first-order chi connectivity index (χ1) is 16.6. The Morgan fingerprint density at radius 1 is 1.12 bits per heavy atom. The van der Waals surface area contributed by atoms with E-state index in [4.69, 9.17) is 5.10 Å². The van der Waals surface area contributed by atoms with Crippen LogP contribution in [0.4, 0.5) is 0 Å². The third-order valence-corrected chi connectivity index (χ3v) is 7.08. The number of benzene rings is 1. The van der Waals surface area contributed by atoms with Crippen LogP contribution in [0.5, 0.6) is 0 Å². The van der Waals surface area contributed by atoms with Gasteiger partial charge in [0, 0.05) is 42.9 Å². The van der Waals surface area contributed by atoms with Gasteiger partial charge in [-0.2, -0.15) is 10.2 Å². The number of nitrogens with one attached hydrogen (secondary N) is 1. The molecular formula is C25H29N9. The molecule has 0 atom stereocenters. The highest BCUT2D eigenvalue weighted by atomic mass is 15.4. The minimum Gasteiger partial charge on any atom is -0.297 e. The Balaban J connectivity index is 1.27. The van der Waals surface area contributed by atoms with Crippen molar-refractivity contribution >= 4 is 16.6 Å². The number of H-pyrrole nitrogens is 1. The molecule has 0 unspecified atom stereocenters. The Bertz CT molecular complexity index is 1470. The quantitative estimate of drug-likeness (QED) is 0.435. The zero-order valence-corrected chi connectivity index (χ0v) is 19.9. The van der Waals surface area contributed by atoms with Crippen molar-refractivity contribution in [3.05, 3.63) is 59.4 Å². The first kappa shape index (κ1) is 21.0. The lowest BCUT2D eigenvalue weighted by Crippen LogP contribution is -2.32. The third-order valence-electron chi connectivity index (χ3n) is 7.08. The molecule has 0 radical (unpaired) electrons. The molecule has 5 heterocycles. The third kappa shape index (κ3) is 3.66. The van der Waals surface area contributed by atoms with Crippen molar-refractivity contribution in [1.82, 2.24) is 44.7 Å². The highest BCUT2D eigenvalue weighted by molar-refractivity contribution is 5.88. The highest BCUT2D eigenvalue weighted by Gasteiger charge is 2.25. The number of hydrogen-bond acceptors (Lipinski definition) is 6. The molecule has 1 aromatic carbocycles. The highest BCUT2D eigenvalue weighted by Crippen LogP contribution is 2.36. The van der Waals surface area contributed by atoms with Crippen LogP contribution in [0, 0.1) is 6.92 Å². The number of hydrogen-bond donors (Lipinski definition) is 1. The summed E-state index contributed by atoms with van der Waals surface area (Å²) in [5.41, 5.74) is 9.07. The fourth-order valence-electron chi connectivity index (χ4n) is 5.30. The first-order valence-electron chi connectivity index (χ1n) is 12.0. The molecular weight excluding hydrogens is 426 g/mol. The van der Waals surface area contributed by atoms with Gasteiger partial charge in [-0.25, -0.2) is 9.50 Å². The van der Waals surface area contributed by atoms with Gasteiger partial charge >= 0.3 is 0 Å². The van der Waals surface area contributed by atoms with E-state index < -0.39 is 0 Å². The second-order valence-corrected chi connectivity index (χ2v) is 9.39. The van der Waals surface area contributed by atoms with Crippen LogP contribution < -0.4 is 0 Å². The fourth-order valence-corrected chi connectivity index (χ4v) is 5.30. The van der Waals surface area contributed by atoms with Gasteiger partial charge in [-0.1, -0.05) is 12.1 Å². The summed E-state index contributed by atoms with van der Waals surface area (Å²) >= 11 is 0. The van der Waals surface area contributed by atoms with E-state index in [2.05, 4.69) is 68.6 Å². The van der Waals surface area contributed by atoms with Crippen LogP contribution in [0.25, 0.3) is 27.7 Å². The van der Waals surface area contributed by atoms with Gasteiger partial charge < -0.3 is 0 Å². The number of pyridine rings is 1. The van der Waals surface area contributed by atoms with Crippen molar-refractivity contribution in [2.75, 3.05) is 13.1 Å². The average molecular weight is 456 g/mol. The minimum absolute atomic E-state index is 0.469. The van der Waals surface area contributed by atoms with E-state index in [1.54, 1.807) is 11.0 Å². The number of likely N-dealkylation sites (tertiary alicyclic amines) is 1. The van der Waals surface area contributed by atoms with Crippen molar-refractivity contribution in [3.63, 3.8) is 0 Å². The summed E-state index contributed by atoms with van der Waals surface area (Å²) in [6.07, 6.45) is 8.84. The Morgan fingerprint density at radius 3 is 2.74 bits per heavy atom. The molecule has 1 saturated heterocycles. The molecule has 0 aliphatic carbocycles. The number of aromatic amines is 1. The lowest BCUT2D eigenvalue weighted by atomic mass is 9.89. The van der Waals surface area contributed by atoms with Gasteiger partial charge in [0.2, 0.25) is 0 Å². The smallest absolute Gasteiger partial charge is 0.158 e. The molecule has 9 heteroatoms. The molecule has 4 aromatic heterocycles. The molecule has 1 aliphatic rings. The zero-order chi connectivity index (χ0) is 23.2. The number of piperidine rings is 1. The van der Waals surface area contributed by atoms with E-state index in [0.717, 1.165) is 66.9 Å². The first-order valence-corrected chi connectivity index (χ1v) is 12.0. The normalized spacial score (nSPS) is 15.6. The average Bonchev–Trinajstić information content (AvgIpc) is 3.58. The predicted octanol–water partition coefficient (Wildman–Crippen LogP) is 3.65. The lowest BCUT2D eigenvalue weighted by molar-refractivity contribution is 0.201. The predicted molar refractivity (Wildman–Crippen MR) is 130 cm³/mol. The van der Waals surface area contributed by atoms with Gasteiger partial charge in [-0.15, -0.1) is 5.10 Å². The van der Waals surface area contributed by atoms with E-state index in [1.807, 2.05) is 17.8 Å².